The summed E-state index contributed by atoms with van der Waals surface area (Å²) in [5.74, 6) is -0.166. The van der Waals surface area contributed by atoms with Crippen molar-refractivity contribution in [3.63, 3.8) is 0 Å². The summed E-state index contributed by atoms with van der Waals surface area (Å²) in [7, 11) is 0. The maximum absolute atomic E-state index is 11.0. The molecule has 0 aromatic carbocycles. The average molecular weight is 238 g/mol. The molecule has 0 N–H and O–H groups in total. The first kappa shape index (κ1) is 14.3. The molecule has 0 fully saturated rings. The highest BCUT2D eigenvalue weighted by molar-refractivity contribution is 5.82. The van der Waals surface area contributed by atoms with E-state index in [1.165, 1.54) is 57.4 Å². The van der Waals surface area contributed by atoms with Gasteiger partial charge in [-0.05, 0) is 12.8 Å². The van der Waals surface area contributed by atoms with E-state index in [9.17, 15) is 4.79 Å². The van der Waals surface area contributed by atoms with Crippen LogP contribution in [0.5, 0.6) is 0 Å². The zero-order valence-corrected chi connectivity index (χ0v) is 11.1. The molecule has 98 valence electrons. The first-order valence-corrected chi connectivity index (χ1v) is 7.20. The molecule has 1 rings (SSSR count). The molecule has 1 aliphatic heterocycles. The van der Waals surface area contributed by atoms with E-state index in [2.05, 4.69) is 6.92 Å². The van der Waals surface area contributed by atoms with Crippen LogP contribution in [-0.2, 0) is 9.53 Å². The van der Waals surface area contributed by atoms with Crippen molar-refractivity contribution in [2.75, 3.05) is 0 Å². The third-order valence-electron chi connectivity index (χ3n) is 3.32. The van der Waals surface area contributed by atoms with Gasteiger partial charge < -0.3 is 4.74 Å². The minimum atomic E-state index is -0.166. The zero-order chi connectivity index (χ0) is 12.3. The molecule has 0 bridgehead atoms. The lowest BCUT2D eigenvalue weighted by Crippen LogP contribution is -2.19. The maximum Gasteiger partial charge on any atom is 0.330 e. The van der Waals surface area contributed by atoms with Crippen LogP contribution in [0.2, 0.25) is 0 Å². The van der Waals surface area contributed by atoms with Crippen LogP contribution in [0.1, 0.15) is 71.1 Å². The van der Waals surface area contributed by atoms with Crippen LogP contribution in [0.25, 0.3) is 0 Å². The summed E-state index contributed by atoms with van der Waals surface area (Å²) in [6.45, 7) is 2.25. The molecule has 0 aromatic heterocycles. The van der Waals surface area contributed by atoms with Crippen molar-refractivity contribution in [3.8, 4) is 0 Å². The molecule has 0 spiro atoms. The number of unbranched alkanes of at least 4 members (excludes halogenated alkanes) is 7. The number of cyclic esters (lactones) is 1. The number of rotatable bonds is 9. The number of hydrogen-bond donors (Lipinski definition) is 0. The summed E-state index contributed by atoms with van der Waals surface area (Å²) in [6, 6.07) is 0. The van der Waals surface area contributed by atoms with E-state index in [4.69, 9.17) is 4.74 Å². The molecule has 17 heavy (non-hydrogen) atoms. The van der Waals surface area contributed by atoms with Crippen LogP contribution >= 0.6 is 0 Å². The van der Waals surface area contributed by atoms with Gasteiger partial charge in [-0.1, -0.05) is 57.9 Å². The summed E-state index contributed by atoms with van der Waals surface area (Å²) in [4.78, 5) is 11.0. The van der Waals surface area contributed by atoms with Crippen LogP contribution in [0, 0.1) is 0 Å². The summed E-state index contributed by atoms with van der Waals surface area (Å²) in [5, 5.41) is 0. The van der Waals surface area contributed by atoms with E-state index in [0.29, 0.717) is 0 Å². The molecule has 1 heterocycles. The van der Waals surface area contributed by atoms with Gasteiger partial charge in [-0.15, -0.1) is 0 Å². The molecule has 0 saturated carbocycles. The van der Waals surface area contributed by atoms with Crippen LogP contribution in [0.15, 0.2) is 12.2 Å². The van der Waals surface area contributed by atoms with E-state index >= 15 is 0 Å². The molecular formula is C15H26O2. The normalized spacial score (nSPS) is 19.4. The highest BCUT2D eigenvalue weighted by Crippen LogP contribution is 2.16. The molecule has 1 atom stereocenters. The molecule has 0 saturated heterocycles. The van der Waals surface area contributed by atoms with E-state index in [1.807, 2.05) is 6.08 Å². The van der Waals surface area contributed by atoms with Crippen molar-refractivity contribution in [1.29, 1.82) is 0 Å². The van der Waals surface area contributed by atoms with Gasteiger partial charge in [0, 0.05) is 12.5 Å². The predicted molar refractivity (Wildman–Crippen MR) is 70.9 cm³/mol. The second kappa shape index (κ2) is 9.26. The molecule has 2 nitrogen and oxygen atoms in total. The fraction of sp³-hybridized carbons (Fsp3) is 0.800. The van der Waals surface area contributed by atoms with E-state index in [1.54, 1.807) is 0 Å². The van der Waals surface area contributed by atoms with Crippen LogP contribution < -0.4 is 0 Å². The Morgan fingerprint density at radius 1 is 1.12 bits per heavy atom. The molecule has 1 unspecified atom stereocenters. The minimum absolute atomic E-state index is 0.146. The van der Waals surface area contributed by atoms with Gasteiger partial charge in [-0.2, -0.15) is 0 Å². The minimum Gasteiger partial charge on any atom is -0.459 e. The first-order chi connectivity index (χ1) is 8.33. The van der Waals surface area contributed by atoms with E-state index < -0.39 is 0 Å². The Balaban J connectivity index is 1.87. The number of esters is 1. The van der Waals surface area contributed by atoms with E-state index in [-0.39, 0.29) is 12.1 Å². The van der Waals surface area contributed by atoms with Crippen molar-refractivity contribution in [2.24, 2.45) is 0 Å². The Morgan fingerprint density at radius 2 is 1.76 bits per heavy atom. The van der Waals surface area contributed by atoms with Crippen molar-refractivity contribution >= 4 is 5.97 Å². The van der Waals surface area contributed by atoms with Gasteiger partial charge in [0.15, 0.2) is 0 Å². The van der Waals surface area contributed by atoms with Crippen molar-refractivity contribution < 1.29 is 9.53 Å². The van der Waals surface area contributed by atoms with E-state index in [0.717, 1.165) is 12.8 Å². The van der Waals surface area contributed by atoms with Gasteiger partial charge in [0.05, 0.1) is 0 Å². The van der Waals surface area contributed by atoms with Crippen LogP contribution in [-0.4, -0.2) is 12.1 Å². The molecule has 0 aromatic rings. The third-order valence-corrected chi connectivity index (χ3v) is 3.32. The average Bonchev–Trinajstić information content (AvgIpc) is 2.33. The number of carbonyl (C=O) groups is 1. The predicted octanol–water partition coefficient (Wildman–Crippen LogP) is 4.39. The molecular weight excluding hydrogens is 212 g/mol. The van der Waals surface area contributed by atoms with Gasteiger partial charge in [0.1, 0.15) is 6.10 Å². The lowest BCUT2D eigenvalue weighted by molar-refractivity contribution is -0.144. The van der Waals surface area contributed by atoms with Gasteiger partial charge in [-0.3, -0.25) is 0 Å². The highest BCUT2D eigenvalue weighted by Gasteiger charge is 2.14. The van der Waals surface area contributed by atoms with Crippen molar-refractivity contribution in [3.05, 3.63) is 12.2 Å². The second-order valence-corrected chi connectivity index (χ2v) is 4.96. The van der Waals surface area contributed by atoms with Crippen molar-refractivity contribution in [1.82, 2.24) is 0 Å². The van der Waals surface area contributed by atoms with Crippen LogP contribution in [0.4, 0.5) is 0 Å². The quantitative estimate of drug-likeness (QED) is 0.440. The Kier molecular flexibility index (Phi) is 7.78. The Labute approximate surface area is 105 Å². The molecule has 0 amide bonds. The fourth-order valence-corrected chi connectivity index (χ4v) is 2.25. The third kappa shape index (κ3) is 7.19. The van der Waals surface area contributed by atoms with Gasteiger partial charge >= 0.3 is 5.97 Å². The maximum atomic E-state index is 11.0. The lowest BCUT2D eigenvalue weighted by atomic mass is 10.0. The molecule has 1 aliphatic rings. The Bertz CT molecular complexity index is 233. The highest BCUT2D eigenvalue weighted by atomic mass is 16.5. The van der Waals surface area contributed by atoms with Gasteiger partial charge in [0.2, 0.25) is 0 Å². The fourth-order valence-electron chi connectivity index (χ4n) is 2.25. The summed E-state index contributed by atoms with van der Waals surface area (Å²) in [5.41, 5.74) is 0. The monoisotopic (exact) mass is 238 g/mol. The smallest absolute Gasteiger partial charge is 0.330 e. The largest absolute Gasteiger partial charge is 0.459 e. The first-order valence-electron chi connectivity index (χ1n) is 7.20. The van der Waals surface area contributed by atoms with Gasteiger partial charge in [-0.25, -0.2) is 4.79 Å². The SMILES string of the molecule is CCCCCCCCCCC1CC=CC(=O)O1. The lowest BCUT2D eigenvalue weighted by Gasteiger charge is -2.18. The topological polar surface area (TPSA) is 26.3 Å². The Hall–Kier alpha value is -0.790. The standard InChI is InChI=1S/C15H26O2/c1-2-3-4-5-6-7-8-9-11-14-12-10-13-15(16)17-14/h10,13-14H,2-9,11-12H2,1H3. The summed E-state index contributed by atoms with van der Waals surface area (Å²) in [6.07, 6.45) is 16.2. The summed E-state index contributed by atoms with van der Waals surface area (Å²) < 4.78 is 5.22. The Morgan fingerprint density at radius 3 is 2.41 bits per heavy atom. The van der Waals surface area contributed by atoms with Gasteiger partial charge in [0.25, 0.3) is 0 Å². The molecule has 0 aliphatic carbocycles. The number of ether oxygens (including phenoxy) is 1. The molecule has 0 radical (unpaired) electrons. The molecule has 2 heteroatoms. The van der Waals surface area contributed by atoms with Crippen molar-refractivity contribution in [2.45, 2.75) is 77.2 Å². The number of carbonyl (C=O) groups excluding carboxylic acids is 1. The second-order valence-electron chi connectivity index (χ2n) is 4.96. The van der Waals surface area contributed by atoms with Crippen LogP contribution in [0.3, 0.4) is 0 Å². The number of hydrogen-bond acceptors (Lipinski definition) is 2. The summed E-state index contributed by atoms with van der Waals surface area (Å²) >= 11 is 0. The zero-order valence-electron chi connectivity index (χ0n) is 11.1.